The average Bonchev–Trinajstić information content (AvgIpc) is 2.49. The molecule has 2 unspecified atom stereocenters. The predicted molar refractivity (Wildman–Crippen MR) is 56.8 cm³/mol. The highest BCUT2D eigenvalue weighted by Crippen LogP contribution is 2.41. The number of hydrogen-bond acceptors (Lipinski definition) is 2. The third kappa shape index (κ3) is 1.55. The molecule has 1 nitrogen and oxygen atoms in total. The Kier molecular flexibility index (Phi) is 2.54. The Morgan fingerprint density at radius 1 is 1.57 bits per heavy atom. The molecule has 1 aromatic carbocycles. The van der Waals surface area contributed by atoms with Crippen LogP contribution in [0.4, 0.5) is 4.39 Å². The van der Waals surface area contributed by atoms with E-state index in [-0.39, 0.29) is 11.7 Å². The molecular formula is C11H13FOS. The summed E-state index contributed by atoms with van der Waals surface area (Å²) < 4.78 is 13.0. The van der Waals surface area contributed by atoms with Gasteiger partial charge in [0.05, 0.1) is 0 Å². The monoisotopic (exact) mass is 212 g/mol. The van der Waals surface area contributed by atoms with Crippen molar-refractivity contribution < 1.29 is 9.50 Å². The fourth-order valence-electron chi connectivity index (χ4n) is 1.80. The van der Waals surface area contributed by atoms with Gasteiger partial charge in [-0.15, -0.1) is 0 Å². The minimum atomic E-state index is -0.841. The first kappa shape index (κ1) is 9.99. The third-order valence-corrected chi connectivity index (χ3v) is 4.21. The van der Waals surface area contributed by atoms with Crippen molar-refractivity contribution in [1.82, 2.24) is 0 Å². The Labute approximate surface area is 87.3 Å². The molecule has 1 aliphatic heterocycles. The quantitative estimate of drug-likeness (QED) is 0.771. The Morgan fingerprint density at radius 2 is 2.36 bits per heavy atom. The van der Waals surface area contributed by atoms with E-state index in [9.17, 15) is 9.50 Å². The molecule has 0 saturated carbocycles. The topological polar surface area (TPSA) is 20.2 Å². The summed E-state index contributed by atoms with van der Waals surface area (Å²) in [5, 5.41) is 10.4. The second-order valence-corrected chi connectivity index (χ2v) is 4.88. The lowest BCUT2D eigenvalue weighted by atomic mass is 9.85. The number of benzene rings is 1. The molecule has 2 rings (SSSR count). The Balaban J connectivity index is 2.38. The summed E-state index contributed by atoms with van der Waals surface area (Å²) in [5.74, 6) is 1.51. The molecule has 0 aromatic heterocycles. The van der Waals surface area contributed by atoms with Crippen LogP contribution >= 0.6 is 11.8 Å². The Morgan fingerprint density at radius 3 is 2.93 bits per heavy atom. The maximum atomic E-state index is 13.0. The van der Waals surface area contributed by atoms with E-state index in [0.717, 1.165) is 5.75 Å². The van der Waals surface area contributed by atoms with Gasteiger partial charge in [-0.2, -0.15) is 11.8 Å². The van der Waals surface area contributed by atoms with Gasteiger partial charge in [-0.3, -0.25) is 0 Å². The van der Waals surface area contributed by atoms with Crippen LogP contribution in [0.15, 0.2) is 24.3 Å². The number of hydrogen-bond donors (Lipinski definition) is 1. The van der Waals surface area contributed by atoms with Gasteiger partial charge in [-0.05, 0) is 29.4 Å². The molecule has 14 heavy (non-hydrogen) atoms. The molecule has 1 aromatic rings. The summed E-state index contributed by atoms with van der Waals surface area (Å²) in [6.45, 7) is 2.00. The van der Waals surface area contributed by atoms with E-state index in [1.165, 1.54) is 12.1 Å². The van der Waals surface area contributed by atoms with Crippen molar-refractivity contribution in [1.29, 1.82) is 0 Å². The molecule has 1 N–H and O–H groups in total. The van der Waals surface area contributed by atoms with Gasteiger partial charge in [0, 0.05) is 5.75 Å². The van der Waals surface area contributed by atoms with Crippen molar-refractivity contribution in [2.24, 2.45) is 5.92 Å². The molecule has 3 heteroatoms. The van der Waals surface area contributed by atoms with Crippen LogP contribution in [0.1, 0.15) is 12.5 Å². The number of thioether (sulfide) groups is 1. The maximum Gasteiger partial charge on any atom is 0.123 e. The van der Waals surface area contributed by atoms with Crippen molar-refractivity contribution in [3.05, 3.63) is 35.6 Å². The summed E-state index contributed by atoms with van der Waals surface area (Å²) in [7, 11) is 0. The van der Waals surface area contributed by atoms with E-state index in [1.54, 1.807) is 23.9 Å². The molecule has 0 amide bonds. The van der Waals surface area contributed by atoms with Crippen LogP contribution in [0.2, 0.25) is 0 Å². The average molecular weight is 212 g/mol. The van der Waals surface area contributed by atoms with Gasteiger partial charge in [0.15, 0.2) is 0 Å². The molecule has 0 radical (unpaired) electrons. The van der Waals surface area contributed by atoms with Crippen molar-refractivity contribution >= 4 is 11.8 Å². The van der Waals surface area contributed by atoms with Crippen molar-refractivity contribution in [3.8, 4) is 0 Å². The lowest BCUT2D eigenvalue weighted by Crippen LogP contribution is -2.32. The summed E-state index contributed by atoms with van der Waals surface area (Å²) in [6.07, 6.45) is 0. The first-order valence-electron chi connectivity index (χ1n) is 4.69. The second-order valence-electron chi connectivity index (χ2n) is 3.85. The number of aliphatic hydroxyl groups is 1. The van der Waals surface area contributed by atoms with Crippen LogP contribution in [0.25, 0.3) is 0 Å². The maximum absolute atomic E-state index is 13.0. The van der Waals surface area contributed by atoms with E-state index in [0.29, 0.717) is 11.3 Å². The van der Waals surface area contributed by atoms with Crippen molar-refractivity contribution in [2.75, 3.05) is 11.5 Å². The third-order valence-electron chi connectivity index (χ3n) is 2.83. The van der Waals surface area contributed by atoms with E-state index < -0.39 is 5.60 Å². The minimum Gasteiger partial charge on any atom is -0.384 e. The molecule has 76 valence electrons. The number of rotatable bonds is 1. The zero-order valence-electron chi connectivity index (χ0n) is 8.03. The molecule has 0 bridgehead atoms. The first-order chi connectivity index (χ1) is 6.63. The van der Waals surface area contributed by atoms with Crippen LogP contribution in [0.5, 0.6) is 0 Å². The standard InChI is InChI=1S/C11H13FOS/c1-8-6-14-7-11(8,13)9-3-2-4-10(12)5-9/h2-5,8,13H,6-7H2,1H3. The zero-order chi connectivity index (χ0) is 10.2. The summed E-state index contributed by atoms with van der Waals surface area (Å²) >= 11 is 1.72. The normalized spacial score (nSPS) is 32.1. The zero-order valence-corrected chi connectivity index (χ0v) is 8.85. The van der Waals surface area contributed by atoms with Gasteiger partial charge in [0.1, 0.15) is 11.4 Å². The van der Waals surface area contributed by atoms with Gasteiger partial charge in [-0.1, -0.05) is 19.1 Å². The van der Waals surface area contributed by atoms with Gasteiger partial charge in [-0.25, -0.2) is 4.39 Å². The number of halogens is 1. The SMILES string of the molecule is CC1CSCC1(O)c1cccc(F)c1. The highest BCUT2D eigenvalue weighted by Gasteiger charge is 2.40. The second kappa shape index (κ2) is 3.55. The Bertz CT molecular complexity index is 342. The van der Waals surface area contributed by atoms with Crippen molar-refractivity contribution in [3.63, 3.8) is 0 Å². The summed E-state index contributed by atoms with van der Waals surface area (Å²) in [4.78, 5) is 0. The molecule has 1 saturated heterocycles. The fraction of sp³-hybridized carbons (Fsp3) is 0.455. The van der Waals surface area contributed by atoms with Gasteiger partial charge >= 0.3 is 0 Å². The van der Waals surface area contributed by atoms with Crippen molar-refractivity contribution in [2.45, 2.75) is 12.5 Å². The first-order valence-corrected chi connectivity index (χ1v) is 5.84. The smallest absolute Gasteiger partial charge is 0.123 e. The van der Waals surface area contributed by atoms with Crippen LogP contribution in [-0.2, 0) is 5.60 Å². The highest BCUT2D eigenvalue weighted by molar-refractivity contribution is 7.99. The summed E-state index contributed by atoms with van der Waals surface area (Å²) in [6, 6.07) is 6.28. The lowest BCUT2D eigenvalue weighted by Gasteiger charge is -2.27. The fourth-order valence-corrected chi connectivity index (χ4v) is 3.31. The van der Waals surface area contributed by atoms with Gasteiger partial charge in [0.25, 0.3) is 0 Å². The lowest BCUT2D eigenvalue weighted by molar-refractivity contribution is 0.0232. The van der Waals surface area contributed by atoms with E-state index >= 15 is 0 Å². The van der Waals surface area contributed by atoms with E-state index in [4.69, 9.17) is 0 Å². The van der Waals surface area contributed by atoms with Crippen LogP contribution in [0, 0.1) is 11.7 Å². The Hall–Kier alpha value is -0.540. The minimum absolute atomic E-state index is 0.189. The predicted octanol–water partition coefficient (Wildman–Crippen LogP) is 2.40. The molecule has 1 aliphatic rings. The summed E-state index contributed by atoms with van der Waals surface area (Å²) in [5.41, 5.74) is -0.137. The van der Waals surface area contributed by atoms with Crippen LogP contribution in [-0.4, -0.2) is 16.6 Å². The molecule has 0 spiro atoms. The van der Waals surface area contributed by atoms with Gasteiger partial charge in [0.2, 0.25) is 0 Å². The highest BCUT2D eigenvalue weighted by atomic mass is 32.2. The van der Waals surface area contributed by atoms with E-state index in [2.05, 4.69) is 0 Å². The molecule has 2 atom stereocenters. The molecule has 0 aliphatic carbocycles. The van der Waals surface area contributed by atoms with E-state index in [1.807, 2.05) is 6.92 Å². The molecule has 1 heterocycles. The van der Waals surface area contributed by atoms with Gasteiger partial charge < -0.3 is 5.11 Å². The molecule has 1 fully saturated rings. The van der Waals surface area contributed by atoms with Crippen LogP contribution in [0.3, 0.4) is 0 Å². The largest absolute Gasteiger partial charge is 0.384 e. The molecular weight excluding hydrogens is 199 g/mol. The van der Waals surface area contributed by atoms with Crippen LogP contribution < -0.4 is 0 Å².